The van der Waals surface area contributed by atoms with E-state index in [1.165, 1.54) is 0 Å². The maximum absolute atomic E-state index is 10.2. The van der Waals surface area contributed by atoms with Gasteiger partial charge in [-0.15, -0.1) is 0 Å². The number of hydrogen-bond donors (Lipinski definition) is 1. The summed E-state index contributed by atoms with van der Waals surface area (Å²) in [7, 11) is 0. The highest BCUT2D eigenvalue weighted by atomic mass is 16.5. The van der Waals surface area contributed by atoms with Gasteiger partial charge in [0, 0.05) is 5.92 Å². The quantitative estimate of drug-likeness (QED) is 0.576. The van der Waals surface area contributed by atoms with Crippen molar-refractivity contribution in [3.8, 4) is 0 Å². The topological polar surface area (TPSA) is 46.5 Å². The molecule has 1 N–H and O–H groups in total. The van der Waals surface area contributed by atoms with Crippen LogP contribution in [0.25, 0.3) is 0 Å². The largest absolute Gasteiger partial charge is 0.481 e. The van der Waals surface area contributed by atoms with Gasteiger partial charge in [-0.25, -0.2) is 0 Å². The summed E-state index contributed by atoms with van der Waals surface area (Å²) >= 11 is 0. The van der Waals surface area contributed by atoms with Gasteiger partial charge >= 0.3 is 5.97 Å². The fourth-order valence-electron chi connectivity index (χ4n) is 0.942. The van der Waals surface area contributed by atoms with Gasteiger partial charge in [0.1, 0.15) is 0 Å². The van der Waals surface area contributed by atoms with Crippen molar-refractivity contribution in [2.45, 2.75) is 6.42 Å². The molecule has 0 saturated carbocycles. The molecule has 0 radical (unpaired) electrons. The molecule has 0 aromatic carbocycles. The summed E-state index contributed by atoms with van der Waals surface area (Å²) in [5, 5.41) is 8.38. The van der Waals surface area contributed by atoms with Gasteiger partial charge in [-0.2, -0.15) is 0 Å². The number of carbonyl (C=O) groups is 1. The molecule has 1 heterocycles. The lowest BCUT2D eigenvalue weighted by atomic mass is 10.1. The first-order chi connectivity index (χ1) is 4.79. The number of aliphatic carboxylic acids is 1. The number of ether oxygens (including phenoxy) is 1. The van der Waals surface area contributed by atoms with E-state index in [4.69, 9.17) is 9.84 Å². The first-order valence-corrected chi connectivity index (χ1v) is 3.25. The van der Waals surface area contributed by atoms with Crippen molar-refractivity contribution in [3.05, 3.63) is 12.2 Å². The zero-order valence-corrected chi connectivity index (χ0v) is 5.62. The van der Waals surface area contributed by atoms with E-state index in [0.29, 0.717) is 13.2 Å². The molecule has 1 aliphatic rings. The van der Waals surface area contributed by atoms with Gasteiger partial charge in [0.15, 0.2) is 0 Å². The summed E-state index contributed by atoms with van der Waals surface area (Å²) in [5.41, 5.74) is 0. The highest BCUT2D eigenvalue weighted by Crippen LogP contribution is 2.09. The normalized spacial score (nSPS) is 24.6. The van der Waals surface area contributed by atoms with Crippen LogP contribution in [-0.4, -0.2) is 24.3 Å². The third-order valence-corrected chi connectivity index (χ3v) is 1.39. The lowest BCUT2D eigenvalue weighted by molar-refractivity contribution is -0.138. The zero-order valence-electron chi connectivity index (χ0n) is 5.62. The SMILES string of the molecule is O=C(O)CC1C=CCOC1. The lowest BCUT2D eigenvalue weighted by Crippen LogP contribution is -2.15. The molecular weight excluding hydrogens is 132 g/mol. The Bertz CT molecular complexity index is 151. The predicted molar refractivity (Wildman–Crippen MR) is 35.7 cm³/mol. The Balaban J connectivity index is 2.33. The van der Waals surface area contributed by atoms with Crippen LogP contribution in [0.2, 0.25) is 0 Å². The van der Waals surface area contributed by atoms with Crippen LogP contribution in [-0.2, 0) is 9.53 Å². The Kier molecular flexibility index (Phi) is 2.45. The van der Waals surface area contributed by atoms with Gasteiger partial charge < -0.3 is 9.84 Å². The van der Waals surface area contributed by atoms with E-state index in [0.717, 1.165) is 0 Å². The molecule has 0 saturated heterocycles. The summed E-state index contributed by atoms with van der Waals surface area (Å²) in [6, 6.07) is 0. The van der Waals surface area contributed by atoms with Gasteiger partial charge in [0.05, 0.1) is 19.6 Å². The van der Waals surface area contributed by atoms with Crippen LogP contribution < -0.4 is 0 Å². The fraction of sp³-hybridized carbons (Fsp3) is 0.571. The average molecular weight is 142 g/mol. The molecule has 1 unspecified atom stereocenters. The second-order valence-electron chi connectivity index (χ2n) is 2.32. The first-order valence-electron chi connectivity index (χ1n) is 3.25. The monoisotopic (exact) mass is 142 g/mol. The van der Waals surface area contributed by atoms with Gasteiger partial charge in [-0.3, -0.25) is 4.79 Å². The van der Waals surface area contributed by atoms with Crippen LogP contribution in [0.4, 0.5) is 0 Å². The molecule has 3 heteroatoms. The maximum Gasteiger partial charge on any atom is 0.304 e. The first kappa shape index (κ1) is 7.28. The minimum Gasteiger partial charge on any atom is -0.481 e. The maximum atomic E-state index is 10.2. The van der Waals surface area contributed by atoms with Gasteiger partial charge in [-0.05, 0) is 0 Å². The molecule has 1 aliphatic heterocycles. The molecule has 56 valence electrons. The third kappa shape index (κ3) is 2.19. The Morgan fingerprint density at radius 2 is 2.60 bits per heavy atom. The minimum absolute atomic E-state index is 0.0752. The van der Waals surface area contributed by atoms with Crippen molar-refractivity contribution in [2.24, 2.45) is 5.92 Å². The molecule has 1 rings (SSSR count). The Morgan fingerprint density at radius 3 is 3.10 bits per heavy atom. The van der Waals surface area contributed by atoms with Crippen LogP contribution in [0, 0.1) is 5.92 Å². The highest BCUT2D eigenvalue weighted by Gasteiger charge is 2.11. The van der Waals surface area contributed by atoms with Gasteiger partial charge in [-0.1, -0.05) is 12.2 Å². The van der Waals surface area contributed by atoms with Gasteiger partial charge in [0.2, 0.25) is 0 Å². The summed E-state index contributed by atoms with van der Waals surface area (Å²) < 4.78 is 5.03. The highest BCUT2D eigenvalue weighted by molar-refractivity contribution is 5.67. The number of rotatable bonds is 2. The number of hydrogen-bond acceptors (Lipinski definition) is 2. The van der Waals surface area contributed by atoms with E-state index in [1.807, 2.05) is 12.2 Å². The van der Waals surface area contributed by atoms with E-state index in [-0.39, 0.29) is 12.3 Å². The van der Waals surface area contributed by atoms with Crippen LogP contribution >= 0.6 is 0 Å². The second kappa shape index (κ2) is 3.37. The predicted octanol–water partition coefficient (Wildman–Crippen LogP) is 0.664. The molecule has 0 amide bonds. The molecule has 0 bridgehead atoms. The Hall–Kier alpha value is -0.830. The van der Waals surface area contributed by atoms with Crippen LogP contribution in [0.3, 0.4) is 0 Å². The van der Waals surface area contributed by atoms with E-state index < -0.39 is 5.97 Å². The zero-order chi connectivity index (χ0) is 7.40. The lowest BCUT2D eigenvalue weighted by Gasteiger charge is -2.13. The van der Waals surface area contributed by atoms with Crippen LogP contribution in [0.5, 0.6) is 0 Å². The van der Waals surface area contributed by atoms with Crippen molar-refractivity contribution >= 4 is 5.97 Å². The standard InChI is InChI=1S/C7H10O3/c8-7(9)4-6-2-1-3-10-5-6/h1-2,6H,3-5H2,(H,8,9). The van der Waals surface area contributed by atoms with E-state index in [9.17, 15) is 4.79 Å². The number of carboxylic acid groups (broad SMARTS) is 1. The molecular formula is C7H10O3. The molecule has 0 fully saturated rings. The average Bonchev–Trinajstić information content (AvgIpc) is 1.88. The van der Waals surface area contributed by atoms with Crippen molar-refractivity contribution in [2.75, 3.05) is 13.2 Å². The van der Waals surface area contributed by atoms with E-state index >= 15 is 0 Å². The molecule has 10 heavy (non-hydrogen) atoms. The van der Waals surface area contributed by atoms with Crippen LogP contribution in [0.15, 0.2) is 12.2 Å². The molecule has 0 aromatic rings. The number of carboxylic acids is 1. The van der Waals surface area contributed by atoms with Gasteiger partial charge in [0.25, 0.3) is 0 Å². The third-order valence-electron chi connectivity index (χ3n) is 1.39. The van der Waals surface area contributed by atoms with Crippen molar-refractivity contribution in [3.63, 3.8) is 0 Å². The fourth-order valence-corrected chi connectivity index (χ4v) is 0.942. The van der Waals surface area contributed by atoms with E-state index in [1.54, 1.807) is 0 Å². The molecule has 3 nitrogen and oxygen atoms in total. The van der Waals surface area contributed by atoms with Crippen molar-refractivity contribution < 1.29 is 14.6 Å². The Morgan fingerprint density at radius 1 is 1.80 bits per heavy atom. The van der Waals surface area contributed by atoms with E-state index in [2.05, 4.69) is 0 Å². The molecule has 1 atom stereocenters. The summed E-state index contributed by atoms with van der Waals surface area (Å²) in [5.74, 6) is -0.689. The minimum atomic E-state index is -0.764. The van der Waals surface area contributed by atoms with Crippen molar-refractivity contribution in [1.29, 1.82) is 0 Å². The Labute approximate surface area is 59.3 Å². The molecule has 0 aromatic heterocycles. The summed E-state index contributed by atoms with van der Waals surface area (Å²) in [6.07, 6.45) is 3.94. The molecule has 0 aliphatic carbocycles. The molecule has 0 spiro atoms. The summed E-state index contributed by atoms with van der Waals surface area (Å²) in [6.45, 7) is 1.17. The smallest absolute Gasteiger partial charge is 0.304 e. The van der Waals surface area contributed by atoms with Crippen LogP contribution in [0.1, 0.15) is 6.42 Å². The second-order valence-corrected chi connectivity index (χ2v) is 2.32. The van der Waals surface area contributed by atoms with Crippen molar-refractivity contribution in [1.82, 2.24) is 0 Å². The summed E-state index contributed by atoms with van der Waals surface area (Å²) in [4.78, 5) is 10.2.